The lowest BCUT2D eigenvalue weighted by Gasteiger charge is -2.31. The van der Waals surface area contributed by atoms with Crippen molar-refractivity contribution in [3.05, 3.63) is 29.8 Å². The molecule has 4 heteroatoms. The Morgan fingerprint density at radius 2 is 2.06 bits per heavy atom. The number of rotatable bonds is 3. The summed E-state index contributed by atoms with van der Waals surface area (Å²) >= 11 is 0. The summed E-state index contributed by atoms with van der Waals surface area (Å²) in [6.07, 6.45) is 0.351. The Labute approximate surface area is 94.8 Å². The molecule has 0 saturated heterocycles. The van der Waals surface area contributed by atoms with Crippen LogP contribution in [0.25, 0.3) is 0 Å². The second-order valence-corrected chi connectivity index (χ2v) is 3.93. The lowest BCUT2D eigenvalue weighted by atomic mass is 9.97. The Kier molecular flexibility index (Phi) is 2.69. The molecule has 1 aromatic carbocycles. The van der Waals surface area contributed by atoms with Crippen LogP contribution in [0.2, 0.25) is 0 Å². The van der Waals surface area contributed by atoms with Crippen LogP contribution in [-0.4, -0.2) is 26.9 Å². The van der Waals surface area contributed by atoms with Crippen molar-refractivity contribution in [1.29, 1.82) is 0 Å². The van der Waals surface area contributed by atoms with E-state index in [0.717, 1.165) is 17.7 Å². The molecule has 16 heavy (non-hydrogen) atoms. The van der Waals surface area contributed by atoms with Gasteiger partial charge in [0.05, 0.1) is 5.69 Å². The SMILES string of the molecule is COC1N(C=O)c2ccccc2C1(C)OC. The van der Waals surface area contributed by atoms with E-state index in [0.29, 0.717) is 0 Å². The van der Waals surface area contributed by atoms with Crippen molar-refractivity contribution < 1.29 is 14.3 Å². The fourth-order valence-electron chi connectivity index (χ4n) is 2.30. The second kappa shape index (κ2) is 3.88. The zero-order chi connectivity index (χ0) is 11.8. The van der Waals surface area contributed by atoms with Crippen LogP contribution in [0.5, 0.6) is 0 Å². The first-order valence-electron chi connectivity index (χ1n) is 5.10. The molecule has 86 valence electrons. The highest BCUT2D eigenvalue weighted by molar-refractivity contribution is 5.81. The number of hydrogen-bond donors (Lipinski definition) is 0. The number of nitrogens with zero attached hydrogens (tertiary/aromatic N) is 1. The van der Waals surface area contributed by atoms with E-state index in [1.807, 2.05) is 31.2 Å². The third-order valence-electron chi connectivity index (χ3n) is 3.20. The van der Waals surface area contributed by atoms with E-state index in [1.54, 1.807) is 19.1 Å². The maximum Gasteiger partial charge on any atom is 0.216 e. The molecule has 0 fully saturated rings. The van der Waals surface area contributed by atoms with Gasteiger partial charge in [-0.2, -0.15) is 0 Å². The summed E-state index contributed by atoms with van der Waals surface area (Å²) in [5.41, 5.74) is 1.19. The molecule has 1 aliphatic heterocycles. The molecule has 4 nitrogen and oxygen atoms in total. The number of amides is 1. The predicted octanol–water partition coefficient (Wildman–Crippen LogP) is 1.50. The van der Waals surface area contributed by atoms with Gasteiger partial charge < -0.3 is 9.47 Å². The quantitative estimate of drug-likeness (QED) is 0.726. The summed E-state index contributed by atoms with van der Waals surface area (Å²) in [5, 5.41) is 0. The largest absolute Gasteiger partial charge is 0.369 e. The Bertz CT molecular complexity index is 407. The summed E-state index contributed by atoms with van der Waals surface area (Å²) < 4.78 is 10.9. The van der Waals surface area contributed by atoms with Crippen LogP contribution in [0.4, 0.5) is 5.69 Å². The van der Waals surface area contributed by atoms with Gasteiger partial charge in [-0.3, -0.25) is 9.69 Å². The second-order valence-electron chi connectivity index (χ2n) is 3.93. The lowest BCUT2D eigenvalue weighted by Crippen LogP contribution is -2.45. The molecule has 0 N–H and O–H groups in total. The van der Waals surface area contributed by atoms with Gasteiger partial charge in [0, 0.05) is 19.8 Å². The van der Waals surface area contributed by atoms with Gasteiger partial charge in [-0.25, -0.2) is 0 Å². The van der Waals surface area contributed by atoms with Crippen LogP contribution >= 0.6 is 0 Å². The molecule has 0 radical (unpaired) electrons. The summed E-state index contributed by atoms with van der Waals surface area (Å²) in [6.45, 7) is 1.92. The number of hydrogen-bond acceptors (Lipinski definition) is 3. The molecule has 0 bridgehead atoms. The molecule has 0 aliphatic carbocycles. The van der Waals surface area contributed by atoms with Gasteiger partial charge in [0.1, 0.15) is 5.60 Å². The molecule has 1 aliphatic rings. The number of para-hydroxylation sites is 1. The van der Waals surface area contributed by atoms with Crippen molar-refractivity contribution in [2.24, 2.45) is 0 Å². The molecular formula is C12H15NO3. The number of methoxy groups -OCH3 is 2. The number of carbonyl (C=O) groups is 1. The van der Waals surface area contributed by atoms with Crippen LogP contribution in [-0.2, 0) is 19.9 Å². The van der Waals surface area contributed by atoms with Gasteiger partial charge in [0.15, 0.2) is 6.23 Å². The summed E-state index contributed by atoms with van der Waals surface area (Å²) in [5.74, 6) is 0. The van der Waals surface area contributed by atoms with Crippen LogP contribution in [0.1, 0.15) is 12.5 Å². The van der Waals surface area contributed by atoms with Crippen molar-refractivity contribution in [1.82, 2.24) is 0 Å². The van der Waals surface area contributed by atoms with Gasteiger partial charge >= 0.3 is 0 Å². The zero-order valence-corrected chi connectivity index (χ0v) is 9.64. The van der Waals surface area contributed by atoms with E-state index in [2.05, 4.69) is 0 Å². The summed E-state index contributed by atoms with van der Waals surface area (Å²) in [6, 6.07) is 7.66. The normalized spacial score (nSPS) is 27.9. The lowest BCUT2D eigenvalue weighted by molar-refractivity contribution is -0.121. The highest BCUT2D eigenvalue weighted by Crippen LogP contribution is 2.45. The average molecular weight is 221 g/mol. The van der Waals surface area contributed by atoms with E-state index in [9.17, 15) is 4.79 Å². The first kappa shape index (κ1) is 11.1. The smallest absolute Gasteiger partial charge is 0.216 e. The van der Waals surface area contributed by atoms with Gasteiger partial charge in [0.25, 0.3) is 0 Å². The average Bonchev–Trinajstić information content (AvgIpc) is 2.59. The number of anilines is 1. The van der Waals surface area contributed by atoms with Crippen LogP contribution < -0.4 is 4.90 Å². The number of fused-ring (bicyclic) bond motifs is 1. The molecule has 2 rings (SSSR count). The van der Waals surface area contributed by atoms with Gasteiger partial charge in [-0.05, 0) is 13.0 Å². The Hall–Kier alpha value is -1.39. The maximum atomic E-state index is 11.1. The highest BCUT2D eigenvalue weighted by atomic mass is 16.6. The topological polar surface area (TPSA) is 38.8 Å². The minimum Gasteiger partial charge on any atom is -0.369 e. The third-order valence-corrected chi connectivity index (χ3v) is 3.20. The Morgan fingerprint density at radius 1 is 1.38 bits per heavy atom. The van der Waals surface area contributed by atoms with E-state index in [1.165, 1.54) is 0 Å². The minimum absolute atomic E-state index is 0.424. The minimum atomic E-state index is -0.619. The predicted molar refractivity (Wildman–Crippen MR) is 60.1 cm³/mol. The van der Waals surface area contributed by atoms with Crippen molar-refractivity contribution in [2.45, 2.75) is 18.8 Å². The van der Waals surface area contributed by atoms with Crippen LogP contribution in [0.15, 0.2) is 24.3 Å². The number of carbonyl (C=O) groups excluding carboxylic acids is 1. The third kappa shape index (κ3) is 1.27. The number of ether oxygens (including phenoxy) is 2. The van der Waals surface area contributed by atoms with Crippen molar-refractivity contribution in [2.75, 3.05) is 19.1 Å². The maximum absolute atomic E-state index is 11.1. The Morgan fingerprint density at radius 3 is 2.62 bits per heavy atom. The molecule has 0 aromatic heterocycles. The molecule has 0 saturated carbocycles. The van der Waals surface area contributed by atoms with Gasteiger partial charge in [-0.1, -0.05) is 18.2 Å². The molecule has 1 amide bonds. The standard InChI is InChI=1S/C12H15NO3/c1-12(16-3)9-6-4-5-7-10(9)13(8-14)11(12)15-2/h4-8,11H,1-3H3. The molecule has 1 heterocycles. The molecular weight excluding hydrogens is 206 g/mol. The Balaban J connectivity index is 2.60. The highest BCUT2D eigenvalue weighted by Gasteiger charge is 2.48. The molecule has 0 spiro atoms. The monoisotopic (exact) mass is 221 g/mol. The zero-order valence-electron chi connectivity index (χ0n) is 9.64. The van der Waals surface area contributed by atoms with E-state index in [-0.39, 0.29) is 0 Å². The van der Waals surface area contributed by atoms with Crippen molar-refractivity contribution in [3.63, 3.8) is 0 Å². The summed E-state index contributed by atoms with van der Waals surface area (Å²) in [4.78, 5) is 12.7. The van der Waals surface area contributed by atoms with Crippen LogP contribution in [0.3, 0.4) is 0 Å². The first-order chi connectivity index (χ1) is 7.69. The van der Waals surface area contributed by atoms with Gasteiger partial charge in [-0.15, -0.1) is 0 Å². The number of benzene rings is 1. The van der Waals surface area contributed by atoms with Crippen LogP contribution in [0, 0.1) is 0 Å². The van der Waals surface area contributed by atoms with E-state index >= 15 is 0 Å². The molecule has 2 unspecified atom stereocenters. The van der Waals surface area contributed by atoms with Crippen molar-refractivity contribution >= 4 is 12.1 Å². The molecule has 2 atom stereocenters. The fraction of sp³-hybridized carbons (Fsp3) is 0.417. The first-order valence-corrected chi connectivity index (χ1v) is 5.10. The summed E-state index contributed by atoms with van der Waals surface area (Å²) in [7, 11) is 3.20. The van der Waals surface area contributed by atoms with E-state index < -0.39 is 11.8 Å². The fourth-order valence-corrected chi connectivity index (χ4v) is 2.30. The van der Waals surface area contributed by atoms with Gasteiger partial charge in [0.2, 0.25) is 6.41 Å². The van der Waals surface area contributed by atoms with Crippen molar-refractivity contribution in [3.8, 4) is 0 Å². The molecule has 1 aromatic rings. The van der Waals surface area contributed by atoms with E-state index in [4.69, 9.17) is 9.47 Å².